The summed E-state index contributed by atoms with van der Waals surface area (Å²) >= 11 is 0. The summed E-state index contributed by atoms with van der Waals surface area (Å²) in [5.41, 5.74) is 0.714. The number of carbonyl (C=O) groups is 1. The fourth-order valence-electron chi connectivity index (χ4n) is 3.26. The lowest BCUT2D eigenvalue weighted by atomic mass is 9.77. The maximum absolute atomic E-state index is 12.6. The van der Waals surface area contributed by atoms with E-state index in [4.69, 9.17) is 0 Å². The van der Waals surface area contributed by atoms with Crippen molar-refractivity contribution in [2.75, 3.05) is 26.4 Å². The van der Waals surface area contributed by atoms with E-state index >= 15 is 0 Å². The van der Waals surface area contributed by atoms with Crippen LogP contribution < -0.4 is 0 Å². The van der Waals surface area contributed by atoms with Crippen molar-refractivity contribution >= 4 is 15.6 Å². The minimum Gasteiger partial charge on any atom is -0.306 e. The van der Waals surface area contributed by atoms with Gasteiger partial charge in [0, 0.05) is 25.1 Å². The Hall–Kier alpha value is -1.20. The largest absolute Gasteiger partial charge is 0.306 e. The molecule has 1 aromatic rings. The molecule has 0 aliphatic carbocycles. The first-order valence-corrected chi connectivity index (χ1v) is 10.0. The van der Waals surface area contributed by atoms with Gasteiger partial charge in [0.2, 0.25) is 0 Å². The highest BCUT2D eigenvalue weighted by Gasteiger charge is 2.30. The molecule has 0 bridgehead atoms. The number of likely N-dealkylation sites (tertiary alicyclic amines) is 1. The summed E-state index contributed by atoms with van der Waals surface area (Å²) in [6.45, 7) is 6.02. The number of carbonyl (C=O) groups excluding carboxylic acids is 1. The van der Waals surface area contributed by atoms with Gasteiger partial charge in [-0.05, 0) is 49.5 Å². The summed E-state index contributed by atoms with van der Waals surface area (Å²) in [5, 5.41) is 0. The second-order valence-corrected chi connectivity index (χ2v) is 9.44. The third kappa shape index (κ3) is 4.64. The molecule has 1 fully saturated rings. The molecular formula is C18H27NO3S. The Morgan fingerprint density at radius 1 is 1.26 bits per heavy atom. The fourth-order valence-corrected chi connectivity index (χ4v) is 3.89. The molecule has 0 saturated carbocycles. The van der Waals surface area contributed by atoms with Gasteiger partial charge in [-0.2, -0.15) is 0 Å². The molecule has 1 aromatic carbocycles. The molecule has 1 saturated heterocycles. The molecule has 0 unspecified atom stereocenters. The average Bonchev–Trinajstić information content (AvgIpc) is 2.46. The molecule has 4 nitrogen and oxygen atoms in total. The van der Waals surface area contributed by atoms with Crippen LogP contribution >= 0.6 is 0 Å². The van der Waals surface area contributed by atoms with E-state index < -0.39 is 9.84 Å². The van der Waals surface area contributed by atoms with Crippen molar-refractivity contribution in [3.05, 3.63) is 29.8 Å². The van der Waals surface area contributed by atoms with Crippen LogP contribution in [0.2, 0.25) is 0 Å². The molecule has 1 heterocycles. The fraction of sp³-hybridized carbons (Fsp3) is 0.611. The zero-order valence-electron chi connectivity index (χ0n) is 14.5. The molecule has 23 heavy (non-hydrogen) atoms. The number of rotatable bonds is 5. The maximum Gasteiger partial charge on any atom is 0.175 e. The van der Waals surface area contributed by atoms with E-state index in [0.717, 1.165) is 31.5 Å². The summed E-state index contributed by atoms with van der Waals surface area (Å²) in [6, 6.07) is 6.92. The number of nitrogens with zero attached hydrogens (tertiary/aromatic N) is 1. The van der Waals surface area contributed by atoms with Gasteiger partial charge >= 0.3 is 0 Å². The lowest BCUT2D eigenvalue weighted by Crippen LogP contribution is -2.38. The number of hydrogen-bond acceptors (Lipinski definition) is 4. The van der Waals surface area contributed by atoms with Gasteiger partial charge in [-0.3, -0.25) is 4.79 Å². The average molecular weight is 337 g/mol. The second-order valence-electron chi connectivity index (χ2n) is 7.42. The highest BCUT2D eigenvalue weighted by atomic mass is 32.2. The number of benzene rings is 1. The highest BCUT2D eigenvalue weighted by Crippen LogP contribution is 2.31. The monoisotopic (exact) mass is 337 g/mol. The lowest BCUT2D eigenvalue weighted by molar-refractivity contribution is -0.125. The lowest BCUT2D eigenvalue weighted by Gasteiger charge is -2.32. The summed E-state index contributed by atoms with van der Waals surface area (Å²) < 4.78 is 23.1. The van der Waals surface area contributed by atoms with Crippen molar-refractivity contribution in [2.45, 2.75) is 43.4 Å². The van der Waals surface area contributed by atoms with Gasteiger partial charge in [-0.25, -0.2) is 8.42 Å². The molecule has 0 aromatic heterocycles. The molecule has 0 amide bonds. The van der Waals surface area contributed by atoms with Crippen molar-refractivity contribution in [3.63, 3.8) is 0 Å². The zero-order chi connectivity index (χ0) is 17.3. The quantitative estimate of drug-likeness (QED) is 0.829. The molecule has 2 rings (SSSR count). The Labute approximate surface area is 139 Å². The van der Waals surface area contributed by atoms with E-state index in [1.54, 1.807) is 12.1 Å². The molecular weight excluding hydrogens is 310 g/mol. The molecule has 1 aliphatic heterocycles. The van der Waals surface area contributed by atoms with Crippen LogP contribution in [-0.4, -0.2) is 45.5 Å². The minimum absolute atomic E-state index is 0.128. The number of sulfone groups is 1. The first-order valence-electron chi connectivity index (χ1n) is 8.11. The normalized spacial score (nSPS) is 20.4. The summed E-state index contributed by atoms with van der Waals surface area (Å²) in [7, 11) is -1.12. The zero-order valence-corrected chi connectivity index (χ0v) is 15.3. The first-order chi connectivity index (χ1) is 10.6. The highest BCUT2D eigenvalue weighted by molar-refractivity contribution is 7.90. The molecule has 5 heteroatoms. The molecule has 0 N–H and O–H groups in total. The Bertz CT molecular complexity index is 662. The predicted octanol–water partition coefficient (Wildman–Crippen LogP) is 2.67. The minimum atomic E-state index is -3.18. The third-order valence-electron chi connectivity index (χ3n) is 4.76. The van der Waals surface area contributed by atoms with Gasteiger partial charge in [0.25, 0.3) is 0 Å². The number of piperidine rings is 1. The van der Waals surface area contributed by atoms with Gasteiger partial charge in [0.05, 0.1) is 4.90 Å². The standard InChI is InChI=1S/C18H27NO3S/c1-18(2,12-17(20)14-6-5-11-19(3)13-14)15-7-9-16(10-8-15)23(4,21)22/h7-10,14H,5-6,11-13H2,1-4H3/t14-/m0/s1. The van der Waals surface area contributed by atoms with Crippen molar-refractivity contribution < 1.29 is 13.2 Å². The summed E-state index contributed by atoms with van der Waals surface area (Å²) in [6.07, 6.45) is 3.75. The van der Waals surface area contributed by atoms with Gasteiger partial charge in [-0.15, -0.1) is 0 Å². The van der Waals surface area contributed by atoms with Gasteiger partial charge in [-0.1, -0.05) is 26.0 Å². The molecule has 128 valence electrons. The second kappa shape index (κ2) is 6.73. The first kappa shape index (κ1) is 18.1. The van der Waals surface area contributed by atoms with Crippen molar-refractivity contribution in [1.29, 1.82) is 0 Å². The van der Waals surface area contributed by atoms with E-state index in [2.05, 4.69) is 11.9 Å². The van der Waals surface area contributed by atoms with Crippen LogP contribution in [0, 0.1) is 5.92 Å². The van der Waals surface area contributed by atoms with Gasteiger partial charge in [0.1, 0.15) is 5.78 Å². The van der Waals surface area contributed by atoms with E-state index in [1.165, 1.54) is 6.26 Å². The van der Waals surface area contributed by atoms with E-state index in [0.29, 0.717) is 17.1 Å². The molecule has 0 radical (unpaired) electrons. The predicted molar refractivity (Wildman–Crippen MR) is 92.4 cm³/mol. The Kier molecular flexibility index (Phi) is 5.31. The van der Waals surface area contributed by atoms with Gasteiger partial charge in [0.15, 0.2) is 9.84 Å². The van der Waals surface area contributed by atoms with E-state index in [1.807, 2.05) is 26.0 Å². The van der Waals surface area contributed by atoms with Crippen LogP contribution in [0.1, 0.15) is 38.7 Å². The molecule has 1 atom stereocenters. The van der Waals surface area contributed by atoms with Crippen LogP contribution in [0.4, 0.5) is 0 Å². The van der Waals surface area contributed by atoms with E-state index in [9.17, 15) is 13.2 Å². The van der Waals surface area contributed by atoms with Crippen molar-refractivity contribution in [3.8, 4) is 0 Å². The van der Waals surface area contributed by atoms with Crippen LogP contribution in [0.15, 0.2) is 29.2 Å². The van der Waals surface area contributed by atoms with Crippen LogP contribution in [0.5, 0.6) is 0 Å². The maximum atomic E-state index is 12.6. The number of ketones is 1. The smallest absolute Gasteiger partial charge is 0.175 e. The third-order valence-corrected chi connectivity index (χ3v) is 5.89. The Balaban J connectivity index is 2.10. The molecule has 1 aliphatic rings. The van der Waals surface area contributed by atoms with Crippen LogP contribution in [-0.2, 0) is 20.0 Å². The summed E-state index contributed by atoms with van der Waals surface area (Å²) in [4.78, 5) is 15.2. The van der Waals surface area contributed by atoms with Crippen LogP contribution in [0.25, 0.3) is 0 Å². The van der Waals surface area contributed by atoms with Gasteiger partial charge < -0.3 is 4.90 Å². The van der Waals surface area contributed by atoms with Crippen molar-refractivity contribution in [2.24, 2.45) is 5.92 Å². The number of Topliss-reactive ketones (excluding diaryl/α,β-unsaturated/α-hetero) is 1. The SMILES string of the molecule is CN1CCC[C@H](C(=O)CC(C)(C)c2ccc(S(C)(=O)=O)cc2)C1. The molecule has 0 spiro atoms. The van der Waals surface area contributed by atoms with E-state index in [-0.39, 0.29) is 11.3 Å². The topological polar surface area (TPSA) is 54.5 Å². The van der Waals surface area contributed by atoms with Crippen molar-refractivity contribution in [1.82, 2.24) is 4.90 Å². The summed E-state index contributed by atoms with van der Waals surface area (Å²) in [5.74, 6) is 0.442. The number of hydrogen-bond donors (Lipinski definition) is 0. The Morgan fingerprint density at radius 2 is 1.87 bits per heavy atom. The Morgan fingerprint density at radius 3 is 2.39 bits per heavy atom. The van der Waals surface area contributed by atoms with Crippen LogP contribution in [0.3, 0.4) is 0 Å².